The summed E-state index contributed by atoms with van der Waals surface area (Å²) in [5.41, 5.74) is 5.86. The predicted molar refractivity (Wildman–Crippen MR) is 130 cm³/mol. The van der Waals surface area contributed by atoms with Crippen LogP contribution in [0.3, 0.4) is 0 Å². The van der Waals surface area contributed by atoms with E-state index in [1.807, 2.05) is 51.4 Å². The number of nitrogens with zero attached hydrogens (tertiary/aromatic N) is 2. The number of nitrogens with one attached hydrogen (secondary N) is 2. The van der Waals surface area contributed by atoms with E-state index in [0.717, 1.165) is 41.4 Å². The van der Waals surface area contributed by atoms with Gasteiger partial charge in [-0.05, 0) is 81.0 Å². The summed E-state index contributed by atoms with van der Waals surface area (Å²) in [6.45, 7) is 6.19. The molecule has 8 heteroatoms. The maximum Gasteiger partial charge on any atom is 0.407 e. The van der Waals surface area contributed by atoms with Gasteiger partial charge < -0.3 is 14.6 Å². The van der Waals surface area contributed by atoms with Crippen LogP contribution < -0.4 is 10.8 Å². The molecular formula is C26H30N4O4. The lowest BCUT2D eigenvalue weighted by Gasteiger charge is -2.26. The quantitative estimate of drug-likeness (QED) is 0.378. The van der Waals surface area contributed by atoms with Gasteiger partial charge in [-0.25, -0.2) is 15.3 Å². The number of aromatic nitrogens is 2. The van der Waals surface area contributed by atoms with E-state index in [0.29, 0.717) is 12.1 Å². The van der Waals surface area contributed by atoms with Crippen molar-refractivity contribution in [1.29, 1.82) is 0 Å². The van der Waals surface area contributed by atoms with Gasteiger partial charge in [-0.3, -0.25) is 10.0 Å². The van der Waals surface area contributed by atoms with Crippen molar-refractivity contribution in [3.8, 4) is 0 Å². The number of fused-ring (bicyclic) bond motifs is 1. The molecule has 0 aliphatic heterocycles. The number of amides is 2. The van der Waals surface area contributed by atoms with Crippen LogP contribution in [0.25, 0.3) is 16.6 Å². The van der Waals surface area contributed by atoms with Crippen molar-refractivity contribution in [3.05, 3.63) is 71.6 Å². The molecule has 1 aliphatic carbocycles. The lowest BCUT2D eigenvalue weighted by Crippen LogP contribution is -2.39. The number of hydroxylamine groups is 1. The van der Waals surface area contributed by atoms with Gasteiger partial charge in [-0.15, -0.1) is 0 Å². The molecule has 0 saturated carbocycles. The minimum atomic E-state index is -0.534. The van der Waals surface area contributed by atoms with Crippen LogP contribution >= 0.6 is 0 Å². The Balaban J connectivity index is 1.47. The van der Waals surface area contributed by atoms with Crippen molar-refractivity contribution in [2.75, 3.05) is 0 Å². The van der Waals surface area contributed by atoms with Gasteiger partial charge in [0.1, 0.15) is 11.2 Å². The van der Waals surface area contributed by atoms with E-state index >= 15 is 0 Å². The molecule has 8 nitrogen and oxygen atoms in total. The normalized spacial score (nSPS) is 16.1. The number of ether oxygens (including phenoxy) is 1. The van der Waals surface area contributed by atoms with Crippen molar-refractivity contribution >= 4 is 28.6 Å². The van der Waals surface area contributed by atoms with Crippen molar-refractivity contribution in [2.45, 2.75) is 58.2 Å². The third-order valence-corrected chi connectivity index (χ3v) is 5.81. The van der Waals surface area contributed by atoms with Crippen LogP contribution in [0.5, 0.6) is 0 Å². The van der Waals surface area contributed by atoms with Crippen LogP contribution in [-0.2, 0) is 11.3 Å². The predicted octanol–water partition coefficient (Wildman–Crippen LogP) is 4.66. The fraction of sp³-hybridized carbons (Fsp3) is 0.346. The summed E-state index contributed by atoms with van der Waals surface area (Å²) in [6.07, 6.45) is 8.14. The number of alkyl carbamates (subject to hydrolysis) is 1. The second kappa shape index (κ2) is 9.69. The van der Waals surface area contributed by atoms with E-state index in [-0.39, 0.29) is 12.1 Å². The van der Waals surface area contributed by atoms with Crippen LogP contribution in [0, 0.1) is 0 Å². The van der Waals surface area contributed by atoms with Gasteiger partial charge in [0.05, 0.1) is 0 Å². The monoisotopic (exact) mass is 462 g/mol. The summed E-state index contributed by atoms with van der Waals surface area (Å²) < 4.78 is 7.45. The maximum atomic E-state index is 12.1. The van der Waals surface area contributed by atoms with Gasteiger partial charge in [0, 0.05) is 35.9 Å². The fourth-order valence-corrected chi connectivity index (χ4v) is 4.20. The summed E-state index contributed by atoms with van der Waals surface area (Å²) >= 11 is 0. The molecule has 0 spiro atoms. The standard InChI is InChI=1S/C26H30N4O4/c1-26(2,3)34-25(32)28-20-10-8-18(9-11-20)21-12-14-27-23-22(21)13-15-30(23)16-17-4-6-19(7-5-17)24(31)29-33/h4-8,12-15,20,33H,9-11,16H2,1-3H3,(H,28,32)(H,29,31). The number of benzene rings is 1. The lowest BCUT2D eigenvalue weighted by molar-refractivity contribution is 0.0501. The average molecular weight is 463 g/mol. The van der Waals surface area contributed by atoms with E-state index in [4.69, 9.17) is 9.94 Å². The number of rotatable bonds is 5. The van der Waals surface area contributed by atoms with E-state index < -0.39 is 11.5 Å². The number of allylic oxidation sites excluding steroid dienone is 1. The summed E-state index contributed by atoms with van der Waals surface area (Å²) in [5, 5.41) is 12.8. The molecule has 0 radical (unpaired) electrons. The minimum Gasteiger partial charge on any atom is -0.444 e. The minimum absolute atomic E-state index is 0.0661. The van der Waals surface area contributed by atoms with Crippen LogP contribution in [0.2, 0.25) is 0 Å². The molecule has 34 heavy (non-hydrogen) atoms. The molecule has 1 aromatic carbocycles. The third-order valence-electron chi connectivity index (χ3n) is 5.81. The highest BCUT2D eigenvalue weighted by molar-refractivity contribution is 5.93. The Bertz CT molecular complexity index is 1220. The zero-order valence-corrected chi connectivity index (χ0v) is 19.7. The molecule has 3 N–H and O–H groups in total. The Hall–Kier alpha value is -3.65. The number of hydrogen-bond donors (Lipinski definition) is 3. The molecule has 1 unspecified atom stereocenters. The zero-order chi connectivity index (χ0) is 24.3. The topological polar surface area (TPSA) is 105 Å². The number of hydrogen-bond acceptors (Lipinski definition) is 5. The number of carbonyl (C=O) groups is 2. The first-order chi connectivity index (χ1) is 16.2. The first-order valence-electron chi connectivity index (χ1n) is 11.4. The SMILES string of the molecule is CC(C)(C)OC(=O)NC1CC=C(c2ccnc3c2ccn3Cc2ccc(C(=O)NO)cc2)CC1. The smallest absolute Gasteiger partial charge is 0.407 e. The van der Waals surface area contributed by atoms with Crippen LogP contribution in [-0.4, -0.2) is 38.4 Å². The molecule has 1 atom stereocenters. The summed E-state index contributed by atoms with van der Waals surface area (Å²) in [7, 11) is 0. The van der Waals surface area contributed by atoms with Gasteiger partial charge >= 0.3 is 6.09 Å². The molecule has 4 rings (SSSR count). The summed E-state index contributed by atoms with van der Waals surface area (Å²) in [5.74, 6) is -0.534. The first-order valence-corrected chi connectivity index (χ1v) is 11.4. The van der Waals surface area contributed by atoms with E-state index in [1.165, 1.54) is 5.57 Å². The Morgan fingerprint density at radius 2 is 1.94 bits per heavy atom. The van der Waals surface area contributed by atoms with E-state index in [1.54, 1.807) is 17.6 Å². The molecule has 2 heterocycles. The zero-order valence-electron chi connectivity index (χ0n) is 19.7. The molecule has 3 aromatic rings. The molecule has 0 fully saturated rings. The molecule has 178 valence electrons. The highest BCUT2D eigenvalue weighted by Crippen LogP contribution is 2.32. The van der Waals surface area contributed by atoms with Gasteiger partial charge in [-0.1, -0.05) is 18.2 Å². The number of pyridine rings is 1. The van der Waals surface area contributed by atoms with Crippen molar-refractivity contribution in [1.82, 2.24) is 20.3 Å². The second-order valence-corrected chi connectivity index (χ2v) is 9.52. The van der Waals surface area contributed by atoms with Crippen molar-refractivity contribution < 1.29 is 19.5 Å². The third kappa shape index (κ3) is 5.46. The molecule has 2 aromatic heterocycles. The highest BCUT2D eigenvalue weighted by Gasteiger charge is 2.22. The van der Waals surface area contributed by atoms with Gasteiger partial charge in [-0.2, -0.15) is 0 Å². The van der Waals surface area contributed by atoms with Crippen molar-refractivity contribution in [2.24, 2.45) is 0 Å². The van der Waals surface area contributed by atoms with Crippen molar-refractivity contribution in [3.63, 3.8) is 0 Å². The maximum absolute atomic E-state index is 12.1. The Labute approximate surface area is 198 Å². The van der Waals surface area contributed by atoms with Gasteiger partial charge in [0.2, 0.25) is 0 Å². The molecule has 0 bridgehead atoms. The van der Waals surface area contributed by atoms with Crippen LogP contribution in [0.4, 0.5) is 4.79 Å². The molecular weight excluding hydrogens is 432 g/mol. The fourth-order valence-electron chi connectivity index (χ4n) is 4.20. The second-order valence-electron chi connectivity index (χ2n) is 9.52. The Morgan fingerprint density at radius 1 is 1.18 bits per heavy atom. The average Bonchev–Trinajstić information content (AvgIpc) is 3.21. The molecule has 0 saturated heterocycles. The van der Waals surface area contributed by atoms with E-state index in [2.05, 4.69) is 27.0 Å². The molecule has 1 aliphatic rings. The highest BCUT2D eigenvalue weighted by atomic mass is 16.6. The van der Waals surface area contributed by atoms with Gasteiger partial charge in [0.15, 0.2) is 0 Å². The largest absolute Gasteiger partial charge is 0.444 e. The van der Waals surface area contributed by atoms with Gasteiger partial charge in [0.25, 0.3) is 5.91 Å². The van der Waals surface area contributed by atoms with E-state index in [9.17, 15) is 9.59 Å². The number of carbonyl (C=O) groups excluding carboxylic acids is 2. The summed E-state index contributed by atoms with van der Waals surface area (Å²) in [4.78, 5) is 28.2. The van der Waals surface area contributed by atoms with Crippen LogP contribution in [0.1, 0.15) is 61.5 Å². The summed E-state index contributed by atoms with van der Waals surface area (Å²) in [6, 6.07) is 11.3. The first kappa shape index (κ1) is 23.5. The Morgan fingerprint density at radius 3 is 2.59 bits per heavy atom. The lowest BCUT2D eigenvalue weighted by atomic mass is 9.90. The molecule has 2 amide bonds. The Kier molecular flexibility index (Phi) is 6.70. The van der Waals surface area contributed by atoms with Crippen LogP contribution in [0.15, 0.2) is 54.9 Å².